The summed E-state index contributed by atoms with van der Waals surface area (Å²) in [7, 11) is 0. The lowest BCUT2D eigenvalue weighted by molar-refractivity contribution is 0.0695. The quantitative estimate of drug-likeness (QED) is 0.828. The van der Waals surface area contributed by atoms with Crippen molar-refractivity contribution in [3.8, 4) is 0 Å². The lowest BCUT2D eigenvalue weighted by Crippen LogP contribution is -2.04. The van der Waals surface area contributed by atoms with Crippen LogP contribution in [0.3, 0.4) is 0 Å². The van der Waals surface area contributed by atoms with Gasteiger partial charge in [-0.3, -0.25) is 4.98 Å². The minimum Gasteiger partial charge on any atom is -0.478 e. The Balaban J connectivity index is 2.32. The smallest absolute Gasteiger partial charge is 0.337 e. The molecule has 0 aliphatic rings. The standard InChI is InChI=1S/C11H9NO3/c13-11(14)9-4-1-5-12-10(9)7-8-3-2-6-15-8/h1-6H,7H2,(H,13,14). The fourth-order valence-corrected chi connectivity index (χ4v) is 1.35. The SMILES string of the molecule is O=C(O)c1cccnc1Cc1ccco1. The van der Waals surface area contributed by atoms with Crippen molar-refractivity contribution < 1.29 is 14.3 Å². The van der Waals surface area contributed by atoms with Gasteiger partial charge in [-0.2, -0.15) is 0 Å². The molecule has 0 radical (unpaired) electrons. The van der Waals surface area contributed by atoms with Gasteiger partial charge in [-0.25, -0.2) is 4.79 Å². The number of rotatable bonds is 3. The zero-order chi connectivity index (χ0) is 10.7. The third-order valence-corrected chi connectivity index (χ3v) is 2.04. The Morgan fingerprint density at radius 2 is 2.27 bits per heavy atom. The minimum atomic E-state index is -0.968. The summed E-state index contributed by atoms with van der Waals surface area (Å²) < 4.78 is 5.14. The first-order valence-electron chi connectivity index (χ1n) is 4.47. The number of pyridine rings is 1. The van der Waals surface area contributed by atoms with E-state index >= 15 is 0 Å². The van der Waals surface area contributed by atoms with E-state index < -0.39 is 5.97 Å². The van der Waals surface area contributed by atoms with Crippen molar-refractivity contribution in [2.45, 2.75) is 6.42 Å². The predicted molar refractivity (Wildman–Crippen MR) is 52.7 cm³/mol. The first-order chi connectivity index (χ1) is 7.27. The molecule has 0 atom stereocenters. The van der Waals surface area contributed by atoms with Crippen molar-refractivity contribution in [1.29, 1.82) is 0 Å². The number of aromatic carboxylic acids is 1. The van der Waals surface area contributed by atoms with E-state index in [-0.39, 0.29) is 5.56 Å². The third kappa shape index (κ3) is 2.04. The molecule has 2 aromatic heterocycles. The summed E-state index contributed by atoms with van der Waals surface area (Å²) in [5, 5.41) is 8.92. The average Bonchev–Trinajstić information content (AvgIpc) is 2.71. The molecule has 0 saturated heterocycles. The van der Waals surface area contributed by atoms with Crippen LogP contribution in [0.2, 0.25) is 0 Å². The number of hydrogen-bond donors (Lipinski definition) is 1. The van der Waals surface area contributed by atoms with Crippen molar-refractivity contribution in [3.63, 3.8) is 0 Å². The van der Waals surface area contributed by atoms with Gasteiger partial charge >= 0.3 is 5.97 Å². The molecule has 2 rings (SSSR count). The highest BCUT2D eigenvalue weighted by Gasteiger charge is 2.11. The molecular formula is C11H9NO3. The van der Waals surface area contributed by atoms with Crippen LogP contribution in [-0.4, -0.2) is 16.1 Å². The van der Waals surface area contributed by atoms with Crippen LogP contribution in [-0.2, 0) is 6.42 Å². The monoisotopic (exact) mass is 203 g/mol. The molecule has 2 heterocycles. The highest BCUT2D eigenvalue weighted by atomic mass is 16.4. The summed E-state index contributed by atoms with van der Waals surface area (Å²) in [5.74, 6) is -0.263. The zero-order valence-corrected chi connectivity index (χ0v) is 7.88. The van der Waals surface area contributed by atoms with Gasteiger partial charge in [0.2, 0.25) is 0 Å². The number of carboxylic acids is 1. The Labute approximate surface area is 86.2 Å². The molecule has 15 heavy (non-hydrogen) atoms. The van der Waals surface area contributed by atoms with Gasteiger partial charge in [-0.1, -0.05) is 0 Å². The van der Waals surface area contributed by atoms with Crippen LogP contribution in [0.4, 0.5) is 0 Å². The molecular weight excluding hydrogens is 194 g/mol. The summed E-state index contributed by atoms with van der Waals surface area (Å²) in [6.07, 6.45) is 3.53. The van der Waals surface area contributed by atoms with Gasteiger partial charge in [-0.05, 0) is 24.3 Å². The number of carboxylic acid groups (broad SMARTS) is 1. The molecule has 0 amide bonds. The Morgan fingerprint density at radius 1 is 1.40 bits per heavy atom. The van der Waals surface area contributed by atoms with Crippen LogP contribution >= 0.6 is 0 Å². The van der Waals surface area contributed by atoms with Crippen molar-refractivity contribution in [2.24, 2.45) is 0 Å². The van der Waals surface area contributed by atoms with Gasteiger partial charge in [0.05, 0.1) is 17.5 Å². The van der Waals surface area contributed by atoms with Crippen LogP contribution in [0.5, 0.6) is 0 Å². The Hall–Kier alpha value is -2.10. The lowest BCUT2D eigenvalue weighted by atomic mass is 10.1. The van der Waals surface area contributed by atoms with E-state index in [0.29, 0.717) is 17.9 Å². The molecule has 0 spiro atoms. The molecule has 0 bridgehead atoms. The molecule has 0 aromatic carbocycles. The Kier molecular flexibility index (Phi) is 2.49. The normalized spacial score (nSPS) is 10.1. The topological polar surface area (TPSA) is 63.3 Å². The van der Waals surface area contributed by atoms with Crippen molar-refractivity contribution in [3.05, 3.63) is 53.7 Å². The van der Waals surface area contributed by atoms with E-state index in [9.17, 15) is 4.79 Å². The molecule has 1 N–H and O–H groups in total. The Bertz CT molecular complexity index is 462. The number of nitrogens with zero attached hydrogens (tertiary/aromatic N) is 1. The van der Waals surface area contributed by atoms with Crippen LogP contribution in [0.1, 0.15) is 21.8 Å². The number of furan rings is 1. The average molecular weight is 203 g/mol. The molecule has 0 fully saturated rings. The number of carbonyl (C=O) groups is 1. The van der Waals surface area contributed by atoms with Crippen molar-refractivity contribution in [1.82, 2.24) is 4.98 Å². The van der Waals surface area contributed by atoms with Crippen LogP contribution in [0.15, 0.2) is 41.1 Å². The fourth-order valence-electron chi connectivity index (χ4n) is 1.35. The highest BCUT2D eigenvalue weighted by molar-refractivity contribution is 5.88. The van der Waals surface area contributed by atoms with Crippen LogP contribution in [0, 0.1) is 0 Å². The second-order valence-corrected chi connectivity index (χ2v) is 3.06. The van der Waals surface area contributed by atoms with E-state index in [2.05, 4.69) is 4.98 Å². The molecule has 0 unspecified atom stereocenters. The van der Waals surface area contributed by atoms with Gasteiger partial charge in [0.15, 0.2) is 0 Å². The summed E-state index contributed by atoms with van der Waals surface area (Å²) in [4.78, 5) is 14.9. The third-order valence-electron chi connectivity index (χ3n) is 2.04. The number of aromatic nitrogens is 1. The van der Waals surface area contributed by atoms with E-state index in [4.69, 9.17) is 9.52 Å². The summed E-state index contributed by atoms with van der Waals surface area (Å²) >= 11 is 0. The fraction of sp³-hybridized carbons (Fsp3) is 0.0909. The van der Waals surface area contributed by atoms with Crippen molar-refractivity contribution >= 4 is 5.97 Å². The van der Waals surface area contributed by atoms with Gasteiger partial charge in [0.1, 0.15) is 5.76 Å². The van der Waals surface area contributed by atoms with Gasteiger partial charge in [0, 0.05) is 12.6 Å². The van der Waals surface area contributed by atoms with E-state index in [1.165, 1.54) is 6.07 Å². The second kappa shape index (κ2) is 3.96. The largest absolute Gasteiger partial charge is 0.478 e. The molecule has 4 heteroatoms. The summed E-state index contributed by atoms with van der Waals surface area (Å²) in [6.45, 7) is 0. The molecule has 0 saturated carbocycles. The van der Waals surface area contributed by atoms with Gasteiger partial charge in [0.25, 0.3) is 0 Å². The maximum Gasteiger partial charge on any atom is 0.337 e. The second-order valence-electron chi connectivity index (χ2n) is 3.06. The van der Waals surface area contributed by atoms with E-state index in [0.717, 1.165) is 0 Å². The zero-order valence-electron chi connectivity index (χ0n) is 7.88. The van der Waals surface area contributed by atoms with Gasteiger partial charge in [-0.15, -0.1) is 0 Å². The molecule has 2 aromatic rings. The summed E-state index contributed by atoms with van der Waals surface area (Å²) in [6, 6.07) is 6.70. The van der Waals surface area contributed by atoms with Crippen molar-refractivity contribution in [2.75, 3.05) is 0 Å². The molecule has 0 aliphatic carbocycles. The van der Waals surface area contributed by atoms with Crippen LogP contribution in [0.25, 0.3) is 0 Å². The first-order valence-corrected chi connectivity index (χ1v) is 4.47. The Morgan fingerprint density at radius 3 is 2.93 bits per heavy atom. The van der Waals surface area contributed by atoms with E-state index in [1.54, 1.807) is 30.7 Å². The highest BCUT2D eigenvalue weighted by Crippen LogP contribution is 2.12. The minimum absolute atomic E-state index is 0.217. The van der Waals surface area contributed by atoms with E-state index in [1.807, 2.05) is 0 Å². The lowest BCUT2D eigenvalue weighted by Gasteiger charge is -2.01. The maximum atomic E-state index is 10.9. The number of hydrogen-bond acceptors (Lipinski definition) is 3. The molecule has 0 aliphatic heterocycles. The molecule has 4 nitrogen and oxygen atoms in total. The maximum absolute atomic E-state index is 10.9. The van der Waals surface area contributed by atoms with Crippen LogP contribution < -0.4 is 0 Å². The predicted octanol–water partition coefficient (Wildman–Crippen LogP) is 1.96. The summed E-state index contributed by atoms with van der Waals surface area (Å²) in [5.41, 5.74) is 0.730. The van der Waals surface area contributed by atoms with Gasteiger partial charge < -0.3 is 9.52 Å². The molecule has 76 valence electrons. The first kappa shape index (κ1) is 9.45.